The van der Waals surface area contributed by atoms with Gasteiger partial charge in [-0.25, -0.2) is 4.98 Å². The van der Waals surface area contributed by atoms with E-state index in [1.807, 2.05) is 0 Å². The summed E-state index contributed by atoms with van der Waals surface area (Å²) < 4.78 is 3.02. The van der Waals surface area contributed by atoms with Crippen LogP contribution in [0.4, 0.5) is 5.95 Å². The molecular formula is C8H12BrN3. The fourth-order valence-electron chi connectivity index (χ4n) is 1.70. The first-order chi connectivity index (χ1) is 5.68. The predicted molar refractivity (Wildman–Crippen MR) is 51.8 cm³/mol. The van der Waals surface area contributed by atoms with Gasteiger partial charge in [-0.1, -0.05) is 6.92 Å². The Balaban J connectivity index is 2.45. The molecule has 1 aliphatic rings. The maximum Gasteiger partial charge on any atom is 0.201 e. The molecule has 1 aromatic rings. The summed E-state index contributed by atoms with van der Waals surface area (Å²) in [6.07, 6.45) is 2.30. The Morgan fingerprint density at radius 2 is 2.42 bits per heavy atom. The fraction of sp³-hybridized carbons (Fsp3) is 0.625. The number of nitrogens with two attached hydrogens (primary N) is 1. The van der Waals surface area contributed by atoms with Gasteiger partial charge in [0.25, 0.3) is 0 Å². The molecule has 0 amide bonds. The highest BCUT2D eigenvalue weighted by molar-refractivity contribution is 9.10. The molecule has 0 saturated heterocycles. The van der Waals surface area contributed by atoms with Crippen molar-refractivity contribution in [3.63, 3.8) is 0 Å². The van der Waals surface area contributed by atoms with Gasteiger partial charge in [-0.05, 0) is 34.7 Å². The Kier molecular flexibility index (Phi) is 1.87. The zero-order chi connectivity index (χ0) is 8.72. The van der Waals surface area contributed by atoms with Gasteiger partial charge in [0.05, 0.1) is 5.69 Å². The molecule has 2 rings (SSSR count). The van der Waals surface area contributed by atoms with E-state index in [1.54, 1.807) is 0 Å². The highest BCUT2D eigenvalue weighted by atomic mass is 79.9. The van der Waals surface area contributed by atoms with Crippen molar-refractivity contribution in [3.8, 4) is 0 Å². The number of nitrogen functional groups attached to an aromatic ring is 1. The summed E-state index contributed by atoms with van der Waals surface area (Å²) in [5, 5.41) is 0. The minimum atomic E-state index is 0.642. The van der Waals surface area contributed by atoms with Crippen molar-refractivity contribution in [1.29, 1.82) is 0 Å². The van der Waals surface area contributed by atoms with Gasteiger partial charge in [0.1, 0.15) is 4.60 Å². The van der Waals surface area contributed by atoms with Crippen molar-refractivity contribution in [2.75, 3.05) is 5.73 Å². The summed E-state index contributed by atoms with van der Waals surface area (Å²) in [5.41, 5.74) is 6.99. The number of rotatable bonds is 0. The number of hydrogen-bond acceptors (Lipinski definition) is 2. The largest absolute Gasteiger partial charge is 0.369 e. The summed E-state index contributed by atoms with van der Waals surface area (Å²) in [4.78, 5) is 4.18. The number of hydrogen-bond donors (Lipinski definition) is 1. The van der Waals surface area contributed by atoms with Crippen molar-refractivity contribution in [3.05, 3.63) is 10.3 Å². The number of halogens is 1. The topological polar surface area (TPSA) is 43.8 Å². The van der Waals surface area contributed by atoms with Gasteiger partial charge in [-0.2, -0.15) is 0 Å². The molecular weight excluding hydrogens is 218 g/mol. The van der Waals surface area contributed by atoms with Crippen LogP contribution in [-0.2, 0) is 13.0 Å². The summed E-state index contributed by atoms with van der Waals surface area (Å²) in [7, 11) is 0. The summed E-state index contributed by atoms with van der Waals surface area (Å²) in [6, 6.07) is 0. The van der Waals surface area contributed by atoms with E-state index in [2.05, 4.69) is 32.4 Å². The van der Waals surface area contributed by atoms with Crippen LogP contribution in [0, 0.1) is 5.92 Å². The molecule has 3 nitrogen and oxygen atoms in total. The standard InChI is InChI=1S/C8H12BrN3/c1-5-2-3-12-6(4-5)7(9)11-8(12)10/h5H,2-4H2,1H3,(H2,10,11). The molecule has 1 aromatic heterocycles. The minimum Gasteiger partial charge on any atom is -0.369 e. The molecule has 0 aromatic carbocycles. The van der Waals surface area contributed by atoms with Crippen LogP contribution in [0.5, 0.6) is 0 Å². The van der Waals surface area contributed by atoms with E-state index in [9.17, 15) is 0 Å². The van der Waals surface area contributed by atoms with Crippen LogP contribution in [0.3, 0.4) is 0 Å². The predicted octanol–water partition coefficient (Wildman–Crippen LogP) is 1.81. The van der Waals surface area contributed by atoms with E-state index in [-0.39, 0.29) is 0 Å². The van der Waals surface area contributed by atoms with Crippen LogP contribution in [0.1, 0.15) is 19.0 Å². The second kappa shape index (κ2) is 2.76. The van der Waals surface area contributed by atoms with Gasteiger partial charge in [0, 0.05) is 6.54 Å². The summed E-state index contributed by atoms with van der Waals surface area (Å²) >= 11 is 3.42. The molecule has 0 spiro atoms. The Hall–Kier alpha value is -0.510. The van der Waals surface area contributed by atoms with Crippen LogP contribution in [0.25, 0.3) is 0 Å². The van der Waals surface area contributed by atoms with Crippen LogP contribution in [0.2, 0.25) is 0 Å². The van der Waals surface area contributed by atoms with E-state index < -0.39 is 0 Å². The lowest BCUT2D eigenvalue weighted by Crippen LogP contribution is -2.18. The second-order valence-corrected chi connectivity index (χ2v) is 4.21. The quantitative estimate of drug-likeness (QED) is 0.738. The Morgan fingerprint density at radius 1 is 1.67 bits per heavy atom. The van der Waals surface area contributed by atoms with Gasteiger partial charge in [-0.3, -0.25) is 0 Å². The van der Waals surface area contributed by atoms with E-state index in [1.165, 1.54) is 12.1 Å². The molecule has 2 heterocycles. The molecule has 2 N–H and O–H groups in total. The number of nitrogens with zero attached hydrogens (tertiary/aromatic N) is 2. The number of anilines is 1. The van der Waals surface area contributed by atoms with Crippen molar-refractivity contribution >= 4 is 21.9 Å². The van der Waals surface area contributed by atoms with Crippen LogP contribution >= 0.6 is 15.9 Å². The van der Waals surface area contributed by atoms with E-state index in [0.717, 1.165) is 23.5 Å². The molecule has 0 fully saturated rings. The Bertz CT molecular complexity index is 305. The van der Waals surface area contributed by atoms with Crippen LogP contribution < -0.4 is 5.73 Å². The van der Waals surface area contributed by atoms with E-state index in [4.69, 9.17) is 5.73 Å². The molecule has 0 aliphatic carbocycles. The van der Waals surface area contributed by atoms with Crippen LogP contribution in [0.15, 0.2) is 4.60 Å². The SMILES string of the molecule is CC1CCn2c(N)nc(Br)c2C1. The zero-order valence-corrected chi connectivity index (χ0v) is 8.63. The minimum absolute atomic E-state index is 0.642. The molecule has 0 radical (unpaired) electrons. The maximum absolute atomic E-state index is 5.73. The van der Waals surface area contributed by atoms with E-state index in [0.29, 0.717) is 5.95 Å². The highest BCUT2D eigenvalue weighted by Crippen LogP contribution is 2.28. The van der Waals surface area contributed by atoms with Crippen molar-refractivity contribution < 1.29 is 0 Å². The second-order valence-electron chi connectivity index (χ2n) is 3.46. The Labute approximate surface area is 80.1 Å². The third-order valence-electron chi connectivity index (χ3n) is 2.44. The van der Waals surface area contributed by atoms with Crippen LogP contribution in [-0.4, -0.2) is 9.55 Å². The number of aromatic nitrogens is 2. The average Bonchev–Trinajstić information content (AvgIpc) is 2.28. The lowest BCUT2D eigenvalue weighted by Gasteiger charge is -2.20. The summed E-state index contributed by atoms with van der Waals surface area (Å²) in [6.45, 7) is 3.28. The Morgan fingerprint density at radius 3 is 3.17 bits per heavy atom. The molecule has 1 atom stereocenters. The van der Waals surface area contributed by atoms with Crippen molar-refractivity contribution in [2.24, 2.45) is 5.92 Å². The third-order valence-corrected chi connectivity index (χ3v) is 3.08. The lowest BCUT2D eigenvalue weighted by atomic mass is 9.99. The van der Waals surface area contributed by atoms with Gasteiger partial charge in [-0.15, -0.1) is 0 Å². The monoisotopic (exact) mass is 229 g/mol. The fourth-order valence-corrected chi connectivity index (χ4v) is 2.26. The van der Waals surface area contributed by atoms with E-state index >= 15 is 0 Å². The first kappa shape index (κ1) is 8.10. The van der Waals surface area contributed by atoms with Gasteiger partial charge in [0.15, 0.2) is 0 Å². The van der Waals surface area contributed by atoms with Gasteiger partial charge >= 0.3 is 0 Å². The molecule has 0 saturated carbocycles. The average molecular weight is 230 g/mol. The van der Waals surface area contributed by atoms with Crippen molar-refractivity contribution in [1.82, 2.24) is 9.55 Å². The number of fused-ring (bicyclic) bond motifs is 1. The normalized spacial score (nSPS) is 22.3. The third kappa shape index (κ3) is 1.14. The molecule has 1 unspecified atom stereocenters. The molecule has 66 valence electrons. The first-order valence-electron chi connectivity index (χ1n) is 4.19. The lowest BCUT2D eigenvalue weighted by molar-refractivity contribution is 0.419. The molecule has 0 bridgehead atoms. The summed E-state index contributed by atoms with van der Waals surface area (Å²) in [5.74, 6) is 1.40. The van der Waals surface area contributed by atoms with Gasteiger partial charge in [0.2, 0.25) is 5.95 Å². The van der Waals surface area contributed by atoms with Crippen molar-refractivity contribution in [2.45, 2.75) is 26.3 Å². The molecule has 4 heteroatoms. The zero-order valence-electron chi connectivity index (χ0n) is 7.05. The number of imidazole rings is 1. The smallest absolute Gasteiger partial charge is 0.201 e. The maximum atomic E-state index is 5.73. The molecule has 12 heavy (non-hydrogen) atoms. The first-order valence-corrected chi connectivity index (χ1v) is 4.98. The molecule has 1 aliphatic heterocycles. The van der Waals surface area contributed by atoms with Gasteiger partial charge < -0.3 is 10.3 Å². The highest BCUT2D eigenvalue weighted by Gasteiger charge is 2.20.